The third-order valence-electron chi connectivity index (χ3n) is 12.5. The van der Waals surface area contributed by atoms with Crippen LogP contribution in [0.1, 0.15) is 18.7 Å². The number of fused-ring (bicyclic) bond motifs is 3. The lowest BCUT2D eigenvalue weighted by atomic mass is 9.98. The first-order chi connectivity index (χ1) is 36.9. The second-order valence-electron chi connectivity index (χ2n) is 17.8. The summed E-state index contributed by atoms with van der Waals surface area (Å²) in [6.07, 6.45) is -11.7. The van der Waals surface area contributed by atoms with Crippen LogP contribution < -0.4 is 42.5 Å². The molecule has 434 valence electrons. The van der Waals surface area contributed by atoms with Crippen LogP contribution in [0.4, 0.5) is 17.7 Å². The molecule has 6 aromatic rings. The summed E-state index contributed by atoms with van der Waals surface area (Å²) in [7, 11) is -25.4. The van der Waals surface area contributed by atoms with E-state index in [-0.39, 0.29) is 51.2 Å². The zero-order chi connectivity index (χ0) is 57.5. The fourth-order valence-corrected chi connectivity index (χ4v) is 14.8. The number of anilines is 3. The number of phosphoric ester groups is 2. The minimum atomic E-state index is -6.29. The number of hydrogen-bond acceptors (Lipinski definition) is 30. The Morgan fingerprint density at radius 3 is 1.94 bits per heavy atom. The third kappa shape index (κ3) is 12.0. The van der Waals surface area contributed by atoms with Gasteiger partial charge in [0.25, 0.3) is 16.7 Å². The van der Waals surface area contributed by atoms with Crippen molar-refractivity contribution < 1.29 is 107 Å². The van der Waals surface area contributed by atoms with Crippen LogP contribution in [0.25, 0.3) is 33.5 Å². The van der Waals surface area contributed by atoms with Crippen molar-refractivity contribution in [1.82, 2.24) is 58.3 Å². The van der Waals surface area contributed by atoms with Crippen LogP contribution >= 0.6 is 31.1 Å². The number of aryl methyl sites for hydroxylation is 1. The highest BCUT2D eigenvalue weighted by Crippen LogP contribution is 2.68. The van der Waals surface area contributed by atoms with Crippen LogP contribution in [0.5, 0.6) is 0 Å². The maximum atomic E-state index is 14.3. The molecule has 3 saturated heterocycles. The van der Waals surface area contributed by atoms with Gasteiger partial charge in [-0.1, -0.05) is 0 Å². The Morgan fingerprint density at radius 1 is 0.734 bits per heavy atom. The van der Waals surface area contributed by atoms with E-state index in [9.17, 15) is 71.2 Å². The molecule has 15 N–H and O–H groups in total. The van der Waals surface area contributed by atoms with Crippen molar-refractivity contribution in [3.8, 4) is 0 Å². The maximum absolute atomic E-state index is 14.3. The van der Waals surface area contributed by atoms with E-state index < -0.39 is 152 Å². The number of H-pyrrole nitrogens is 2. The van der Waals surface area contributed by atoms with Crippen LogP contribution in [-0.4, -0.2) is 180 Å². The molecule has 0 bridgehead atoms. The normalized spacial score (nSPS) is 29.7. The summed E-state index contributed by atoms with van der Waals surface area (Å²) >= 11 is 0. The Hall–Kier alpha value is -5.16. The van der Waals surface area contributed by atoms with Gasteiger partial charge in [-0.25, -0.2) is 51.3 Å². The van der Waals surface area contributed by atoms with E-state index in [1.165, 1.54) is 17.9 Å². The molecule has 3 fully saturated rings. The van der Waals surface area contributed by atoms with Gasteiger partial charge in [0.2, 0.25) is 34.5 Å². The van der Waals surface area contributed by atoms with Gasteiger partial charge in [-0.2, -0.15) is 23.2 Å². The minimum absolute atomic E-state index is 0.00752. The van der Waals surface area contributed by atoms with E-state index in [4.69, 9.17) is 49.7 Å². The van der Waals surface area contributed by atoms with Crippen molar-refractivity contribution in [2.24, 2.45) is 13.0 Å². The number of aromatic nitrogens is 12. The molecule has 79 heavy (non-hydrogen) atoms. The van der Waals surface area contributed by atoms with Gasteiger partial charge in [0.05, 0.1) is 63.6 Å². The molecule has 0 saturated carbocycles. The Kier molecular flexibility index (Phi) is 16.0. The predicted octanol–water partition coefficient (Wildman–Crippen LogP) is -5.47. The highest BCUT2D eigenvalue weighted by Gasteiger charge is 2.55. The van der Waals surface area contributed by atoms with Gasteiger partial charge in [-0.15, -0.1) is 0 Å². The Balaban J connectivity index is 0.896. The predicted molar refractivity (Wildman–Crippen MR) is 256 cm³/mol. The minimum Gasteiger partial charge on any atom is -0.778 e. The van der Waals surface area contributed by atoms with Crippen LogP contribution in [-0.2, 0) is 76.5 Å². The fourth-order valence-electron chi connectivity index (χ4n) is 9.06. The van der Waals surface area contributed by atoms with E-state index >= 15 is 0 Å². The third-order valence-corrected chi connectivity index (χ3v) is 19.3. The zero-order valence-corrected chi connectivity index (χ0v) is 44.9. The summed E-state index contributed by atoms with van der Waals surface area (Å²) in [6.45, 7) is -4.15. The first-order valence-electron chi connectivity index (χ1n) is 22.4. The molecule has 0 aliphatic carbocycles. The number of methoxy groups -OCH3 is 1. The Labute approximate surface area is 439 Å². The van der Waals surface area contributed by atoms with Crippen molar-refractivity contribution in [2.45, 2.75) is 67.1 Å². The van der Waals surface area contributed by atoms with E-state index in [0.717, 1.165) is 46.0 Å². The molecule has 3 aliphatic rings. The van der Waals surface area contributed by atoms with Gasteiger partial charge < -0.3 is 80.1 Å². The zero-order valence-electron chi connectivity index (χ0n) is 40.5. The molecule has 0 spiro atoms. The van der Waals surface area contributed by atoms with Gasteiger partial charge in [-0.3, -0.25) is 37.7 Å². The largest absolute Gasteiger partial charge is 0.778 e. The lowest BCUT2D eigenvalue weighted by Crippen LogP contribution is -2.40. The second kappa shape index (κ2) is 21.6. The average molecular weight is 1220 g/mol. The summed E-state index contributed by atoms with van der Waals surface area (Å²) in [5.41, 5.74) is 13.2. The van der Waals surface area contributed by atoms with Crippen molar-refractivity contribution in [3.05, 3.63) is 46.0 Å². The van der Waals surface area contributed by atoms with E-state index in [1.807, 2.05) is 0 Å². The molecule has 45 heteroatoms. The number of rotatable bonds is 21. The lowest BCUT2D eigenvalue weighted by Gasteiger charge is -2.35. The number of nitrogen functional groups attached to an aromatic ring is 3. The van der Waals surface area contributed by atoms with E-state index in [0.29, 0.717) is 0 Å². The average Bonchev–Trinajstić information content (AvgIpc) is 4.36. The molecule has 3 aliphatic heterocycles. The summed E-state index contributed by atoms with van der Waals surface area (Å²) in [4.78, 5) is 99.7. The molecule has 4 unspecified atom stereocenters. The summed E-state index contributed by atoms with van der Waals surface area (Å²) in [5.74, 6) is -2.13. The van der Waals surface area contributed by atoms with Crippen molar-refractivity contribution >= 4 is 92.3 Å². The Morgan fingerprint density at radius 2 is 1.29 bits per heavy atom. The maximum Gasteiger partial charge on any atom is 0.490 e. The quantitative estimate of drug-likeness (QED) is 0.0236. The molecular weight excluding hydrogens is 1170 g/mol. The summed E-state index contributed by atoms with van der Waals surface area (Å²) < 4.78 is 132. The number of imidazole rings is 3. The fraction of sp³-hybridized carbons (Fsp3) is 0.559. The molecule has 40 nitrogen and oxygen atoms in total. The van der Waals surface area contributed by atoms with Crippen LogP contribution in [0.15, 0.2) is 34.9 Å². The number of aromatic amines is 2. The summed E-state index contributed by atoms with van der Waals surface area (Å²) in [6, 6.07) is 0. The van der Waals surface area contributed by atoms with Crippen LogP contribution in [0, 0.1) is 5.92 Å². The van der Waals surface area contributed by atoms with Crippen LogP contribution in [0.3, 0.4) is 0 Å². The monoisotopic (exact) mass is 1220 g/mol. The number of nitrogens with zero attached hydrogens (tertiary/aromatic N) is 10. The molecular formula is C34H48N16O24P4S. The van der Waals surface area contributed by atoms with E-state index in [2.05, 4.69) is 53.2 Å². The van der Waals surface area contributed by atoms with Gasteiger partial charge in [-0.05, 0) is 0 Å². The number of phosphoric acid groups is 3. The van der Waals surface area contributed by atoms with E-state index in [1.54, 1.807) is 0 Å². The van der Waals surface area contributed by atoms with Crippen molar-refractivity contribution in [1.29, 1.82) is 0 Å². The number of nitrogens with one attached hydrogen (secondary N) is 3. The molecule has 16 atom stereocenters. The highest BCUT2D eigenvalue weighted by molar-refractivity contribution is 7.88. The number of aliphatic hydroxyl groups excluding tert-OH is 3. The number of sulfonamides is 1. The molecule has 9 heterocycles. The smallest absolute Gasteiger partial charge is 0.490 e. The number of ether oxygens (including phenoxy) is 4. The summed E-state index contributed by atoms with van der Waals surface area (Å²) in [5, 5.41) is 33.3. The Bertz CT molecular complexity index is 3750. The molecule has 6 aromatic heterocycles. The SMILES string of the molecule is CO[C@@H]1[C@H](P(=O)([O-])OC[C@H]2O[C@@H](n3cnc4c(=O)[nH]c(N)nc43)[C@H](O)[C@@H]2O)[C@@H](COP(=O)(O)OP(=O)(O)OP(=O)(O)OC[C@H]2O[C@@H](n3c[n+](C)c4c(=O)[nH]c(N)nc43)[C@H](O)[C@@H]2CNS(C)(=O)=O)O[C@H]1n1cnc2c(N)ncnc21. The topological polar surface area (TPSA) is 582 Å². The highest BCUT2D eigenvalue weighted by atomic mass is 32.2. The second-order valence-corrected chi connectivity index (χ2v) is 26.2. The van der Waals surface area contributed by atoms with Crippen molar-refractivity contribution in [3.63, 3.8) is 0 Å². The molecule has 0 aromatic carbocycles. The van der Waals surface area contributed by atoms with Crippen molar-refractivity contribution in [2.75, 3.05) is 56.9 Å². The molecule has 9 rings (SSSR count). The van der Waals surface area contributed by atoms with Gasteiger partial charge in [0, 0.05) is 19.6 Å². The van der Waals surface area contributed by atoms with Crippen LogP contribution in [0.2, 0.25) is 0 Å². The number of hydrogen-bond donors (Lipinski definition) is 12. The molecule has 0 amide bonds. The first kappa shape index (κ1) is 58.5. The first-order valence-corrected chi connectivity index (χ1v) is 30.4. The van der Waals surface area contributed by atoms with Gasteiger partial charge in [0.15, 0.2) is 35.1 Å². The standard InChI is InChI=1S/C34H48N16O24P4S/c1-47-11-50(27-18(47)29(55)46-34(37)44-27)30-19(51)12(4-42-79(3,64)65)13(70-30)5-68-76(58,59)73-78(62,63)74-77(60,61)69-7-15-23(22(66-2)32(72-15)48-9-40-16-24(35)38-8-39-25(16)48)75(56,57)67-6-14-20(52)21(53)31(71-14)49-10-41-17-26(49)43-33(36)45-28(17)54/h8-15,19-23,30-32,42,51-53H,4-7H2,1-3H3,(H11-,35,36,37,38,39,43,44,45,46,54,55,56,57,58,59,60,61,62,63)/t12-,13-,14-,15-,19-,20-,21-,22-,23-,30-,31-,32-/m1/s1. The van der Waals surface area contributed by atoms with Gasteiger partial charge in [0.1, 0.15) is 50.0 Å². The molecule has 0 radical (unpaired) electrons. The number of nitrogens with two attached hydrogens (primary N) is 3. The van der Waals surface area contributed by atoms with Gasteiger partial charge >= 0.3 is 29.0 Å². The lowest BCUT2D eigenvalue weighted by molar-refractivity contribution is -0.646. The number of aliphatic hydroxyl groups is 3.